The van der Waals surface area contributed by atoms with E-state index in [1.807, 2.05) is 29.2 Å². The molecule has 2 amide bonds. The Morgan fingerprint density at radius 2 is 1.89 bits per heavy atom. The SMILES string of the molecule is CC(C)(C)c1ccc(C(=O)N[C@@H]2CCCN(c3nnc(C(N)=O)c(Nc4cncc(F)c4)n3)C2)cc1. The third-order valence-electron chi connectivity index (χ3n) is 5.93. The Morgan fingerprint density at radius 3 is 2.56 bits per heavy atom. The van der Waals surface area contributed by atoms with Gasteiger partial charge in [0.05, 0.1) is 18.1 Å². The lowest BCUT2D eigenvalue weighted by molar-refractivity contribution is 0.0931. The van der Waals surface area contributed by atoms with Crippen molar-refractivity contribution in [3.8, 4) is 0 Å². The monoisotopic (exact) mass is 492 g/mol. The molecule has 2 aromatic heterocycles. The molecule has 1 aliphatic rings. The Kier molecular flexibility index (Phi) is 7.09. The van der Waals surface area contributed by atoms with Gasteiger partial charge in [-0.05, 0) is 36.0 Å². The number of hydrogen-bond donors (Lipinski definition) is 3. The van der Waals surface area contributed by atoms with E-state index in [0.29, 0.717) is 18.7 Å². The van der Waals surface area contributed by atoms with Crippen LogP contribution in [0.25, 0.3) is 0 Å². The van der Waals surface area contributed by atoms with Gasteiger partial charge in [0.1, 0.15) is 5.82 Å². The quantitative estimate of drug-likeness (QED) is 0.477. The van der Waals surface area contributed by atoms with Crippen LogP contribution in [0.1, 0.15) is 60.0 Å². The van der Waals surface area contributed by atoms with Crippen LogP contribution in [0.4, 0.5) is 21.8 Å². The lowest BCUT2D eigenvalue weighted by Crippen LogP contribution is -2.48. The fourth-order valence-corrected chi connectivity index (χ4v) is 3.99. The molecule has 1 fully saturated rings. The van der Waals surface area contributed by atoms with Gasteiger partial charge in [0.15, 0.2) is 11.5 Å². The molecule has 36 heavy (non-hydrogen) atoms. The van der Waals surface area contributed by atoms with Crippen molar-refractivity contribution in [2.45, 2.75) is 45.1 Å². The van der Waals surface area contributed by atoms with Crippen LogP contribution >= 0.6 is 0 Å². The van der Waals surface area contributed by atoms with Gasteiger partial charge in [-0.1, -0.05) is 32.9 Å². The van der Waals surface area contributed by atoms with Gasteiger partial charge in [-0.2, -0.15) is 4.98 Å². The highest BCUT2D eigenvalue weighted by Gasteiger charge is 2.26. The van der Waals surface area contributed by atoms with Crippen molar-refractivity contribution in [2.75, 3.05) is 23.3 Å². The lowest BCUT2D eigenvalue weighted by Gasteiger charge is -2.33. The van der Waals surface area contributed by atoms with Crippen molar-refractivity contribution in [1.82, 2.24) is 25.5 Å². The smallest absolute Gasteiger partial charge is 0.273 e. The molecule has 0 bridgehead atoms. The van der Waals surface area contributed by atoms with Gasteiger partial charge in [-0.15, -0.1) is 10.2 Å². The maximum absolute atomic E-state index is 13.6. The number of nitrogens with two attached hydrogens (primary N) is 1. The van der Waals surface area contributed by atoms with E-state index in [4.69, 9.17) is 5.73 Å². The van der Waals surface area contributed by atoms with Gasteiger partial charge in [0.25, 0.3) is 11.8 Å². The Hall–Kier alpha value is -4.15. The van der Waals surface area contributed by atoms with Crippen molar-refractivity contribution in [2.24, 2.45) is 5.73 Å². The zero-order valence-electron chi connectivity index (χ0n) is 20.5. The van der Waals surface area contributed by atoms with Gasteiger partial charge >= 0.3 is 0 Å². The number of primary amides is 1. The van der Waals surface area contributed by atoms with E-state index in [-0.39, 0.29) is 40.5 Å². The van der Waals surface area contributed by atoms with Crippen molar-refractivity contribution in [3.63, 3.8) is 0 Å². The summed E-state index contributed by atoms with van der Waals surface area (Å²) in [5, 5.41) is 13.9. The topological polar surface area (TPSA) is 139 Å². The van der Waals surface area contributed by atoms with E-state index in [1.165, 1.54) is 12.3 Å². The molecule has 3 aromatic rings. The van der Waals surface area contributed by atoms with E-state index in [2.05, 4.69) is 51.6 Å². The number of amides is 2. The molecule has 0 unspecified atom stereocenters. The minimum atomic E-state index is -0.824. The number of carbonyl (C=O) groups excluding carboxylic acids is 2. The molecule has 3 heterocycles. The maximum atomic E-state index is 13.6. The highest BCUT2D eigenvalue weighted by Crippen LogP contribution is 2.24. The number of nitrogens with zero attached hydrogens (tertiary/aromatic N) is 5. The largest absolute Gasteiger partial charge is 0.364 e. The first-order valence-corrected chi connectivity index (χ1v) is 11.7. The second kappa shape index (κ2) is 10.2. The van der Waals surface area contributed by atoms with Crippen LogP contribution < -0.4 is 21.3 Å². The minimum Gasteiger partial charge on any atom is -0.364 e. The molecule has 1 atom stereocenters. The molecule has 0 radical (unpaired) electrons. The minimum absolute atomic E-state index is 0.00979. The van der Waals surface area contributed by atoms with E-state index in [1.54, 1.807) is 0 Å². The standard InChI is InChI=1S/C25H29FN8O2/c1-25(2,3)16-8-6-15(7-9-16)23(36)30-18-5-4-10-34(14-18)24-31-22(20(21(27)35)32-33-24)29-19-11-17(26)12-28-13-19/h6-9,11-13,18H,4-5,10,14H2,1-3H3,(H2,27,35)(H,30,36)(H,29,31,33)/t18-/m1/s1. The van der Waals surface area contributed by atoms with Gasteiger partial charge < -0.3 is 21.3 Å². The number of piperidine rings is 1. The molecule has 1 aromatic carbocycles. The Morgan fingerprint density at radius 1 is 1.14 bits per heavy atom. The van der Waals surface area contributed by atoms with Crippen molar-refractivity contribution >= 4 is 29.3 Å². The Labute approximate surface area is 208 Å². The van der Waals surface area contributed by atoms with Crippen LogP contribution in [-0.4, -0.2) is 51.1 Å². The number of halogens is 1. The van der Waals surface area contributed by atoms with E-state index in [0.717, 1.165) is 24.6 Å². The predicted molar refractivity (Wildman–Crippen MR) is 134 cm³/mol. The molecule has 1 saturated heterocycles. The Bertz CT molecular complexity index is 1260. The van der Waals surface area contributed by atoms with Crippen molar-refractivity contribution in [1.29, 1.82) is 0 Å². The summed E-state index contributed by atoms with van der Waals surface area (Å²) in [7, 11) is 0. The maximum Gasteiger partial charge on any atom is 0.273 e. The molecule has 188 valence electrons. The normalized spacial score (nSPS) is 15.9. The highest BCUT2D eigenvalue weighted by molar-refractivity contribution is 5.96. The summed E-state index contributed by atoms with van der Waals surface area (Å²) in [6.45, 7) is 7.49. The van der Waals surface area contributed by atoms with Crippen molar-refractivity contribution in [3.05, 3.63) is 65.4 Å². The van der Waals surface area contributed by atoms with Gasteiger partial charge in [-0.3, -0.25) is 14.6 Å². The summed E-state index contributed by atoms with van der Waals surface area (Å²) in [6.07, 6.45) is 4.04. The fourth-order valence-electron chi connectivity index (χ4n) is 3.99. The lowest BCUT2D eigenvalue weighted by atomic mass is 9.86. The molecule has 0 saturated carbocycles. The highest BCUT2D eigenvalue weighted by atomic mass is 19.1. The van der Waals surface area contributed by atoms with Crippen LogP contribution in [0.5, 0.6) is 0 Å². The number of benzene rings is 1. The number of nitrogens with one attached hydrogen (secondary N) is 2. The molecule has 4 N–H and O–H groups in total. The molecule has 11 heteroatoms. The molecule has 10 nitrogen and oxygen atoms in total. The van der Waals surface area contributed by atoms with Gasteiger partial charge in [0, 0.05) is 30.8 Å². The first-order chi connectivity index (χ1) is 17.1. The number of hydrogen-bond acceptors (Lipinski definition) is 8. The molecular formula is C25H29FN8O2. The predicted octanol–water partition coefficient (Wildman–Crippen LogP) is 2.94. The first-order valence-electron chi connectivity index (χ1n) is 11.7. The van der Waals surface area contributed by atoms with E-state index < -0.39 is 11.7 Å². The third-order valence-corrected chi connectivity index (χ3v) is 5.93. The summed E-state index contributed by atoms with van der Waals surface area (Å²) in [5.41, 5.74) is 7.29. The summed E-state index contributed by atoms with van der Waals surface area (Å²) in [5.74, 6) is -1.21. The third kappa shape index (κ3) is 5.91. The summed E-state index contributed by atoms with van der Waals surface area (Å²) < 4.78 is 13.6. The summed E-state index contributed by atoms with van der Waals surface area (Å²) in [6, 6.07) is 8.71. The van der Waals surface area contributed by atoms with Gasteiger partial charge in [0.2, 0.25) is 5.95 Å². The van der Waals surface area contributed by atoms with Crippen LogP contribution in [0, 0.1) is 5.82 Å². The number of aromatic nitrogens is 4. The van der Waals surface area contributed by atoms with Gasteiger partial charge in [-0.25, -0.2) is 4.39 Å². The second-order valence-electron chi connectivity index (χ2n) is 9.78. The number of carbonyl (C=O) groups is 2. The average molecular weight is 493 g/mol. The molecular weight excluding hydrogens is 463 g/mol. The van der Waals surface area contributed by atoms with Crippen LogP contribution in [0.2, 0.25) is 0 Å². The first kappa shape index (κ1) is 25.0. The van der Waals surface area contributed by atoms with Crippen molar-refractivity contribution < 1.29 is 14.0 Å². The molecule has 4 rings (SSSR count). The molecule has 0 spiro atoms. The molecule has 1 aliphatic heterocycles. The van der Waals surface area contributed by atoms with E-state index in [9.17, 15) is 14.0 Å². The zero-order chi connectivity index (χ0) is 25.9. The molecule has 0 aliphatic carbocycles. The Balaban J connectivity index is 1.48. The number of rotatable bonds is 6. The number of pyridine rings is 1. The van der Waals surface area contributed by atoms with E-state index >= 15 is 0 Å². The summed E-state index contributed by atoms with van der Waals surface area (Å²) >= 11 is 0. The zero-order valence-corrected chi connectivity index (χ0v) is 20.5. The summed E-state index contributed by atoms with van der Waals surface area (Å²) in [4.78, 5) is 34.8. The second-order valence-corrected chi connectivity index (χ2v) is 9.78. The fraction of sp³-hybridized carbons (Fsp3) is 0.360. The average Bonchev–Trinajstić information content (AvgIpc) is 2.83. The van der Waals surface area contributed by atoms with Crippen LogP contribution in [0.15, 0.2) is 42.7 Å². The van der Waals surface area contributed by atoms with Crippen LogP contribution in [-0.2, 0) is 5.41 Å². The van der Waals surface area contributed by atoms with Crippen LogP contribution in [0.3, 0.4) is 0 Å². The number of anilines is 3.